The van der Waals surface area contributed by atoms with E-state index in [0.29, 0.717) is 33.1 Å². The third-order valence-corrected chi connectivity index (χ3v) is 10.9. The van der Waals surface area contributed by atoms with Crippen LogP contribution in [-0.2, 0) is 0 Å². The Bertz CT molecular complexity index is 3490. The van der Waals surface area contributed by atoms with E-state index in [1.807, 2.05) is 109 Å². The molecule has 0 atom stereocenters. The van der Waals surface area contributed by atoms with E-state index in [1.165, 1.54) is 36.4 Å². The third kappa shape index (κ3) is 16.3. The Labute approximate surface area is 471 Å². The van der Waals surface area contributed by atoms with Crippen molar-refractivity contribution in [2.45, 2.75) is 0 Å². The van der Waals surface area contributed by atoms with Crippen LogP contribution in [0.5, 0.6) is 0 Å². The maximum absolute atomic E-state index is 10.6. The van der Waals surface area contributed by atoms with Gasteiger partial charge in [0.25, 0.3) is 0 Å². The van der Waals surface area contributed by atoms with Crippen LogP contribution in [0.1, 0.15) is 62.9 Å². The van der Waals surface area contributed by atoms with Gasteiger partial charge in [0.2, 0.25) is 0 Å². The summed E-state index contributed by atoms with van der Waals surface area (Å²) in [6.07, 6.45) is 0. The first kappa shape index (κ1) is 57.9. The standard InChI is InChI=1S/6C10H7NO2.U/c6*12-10(13)9-6-5-7-3-1-2-4-8(7)11-9;/h6*1-6H,(H,12,13);/q;;;;;;+3/p-3. The first-order valence-electron chi connectivity index (χ1n) is 23.1. The minimum absolute atomic E-state index is 0. The van der Waals surface area contributed by atoms with Gasteiger partial charge >= 0.3 is 49.0 Å². The van der Waals surface area contributed by atoms with Crippen molar-refractivity contribution in [2.75, 3.05) is 0 Å². The summed E-state index contributed by atoms with van der Waals surface area (Å²) < 4.78 is 0. The number of fused-ring (bicyclic) bond motifs is 6. The number of hydrogen-bond acceptors (Lipinski definition) is 15. The average Bonchev–Trinajstić information content (AvgIpc) is 3.48. The fourth-order valence-corrected chi connectivity index (χ4v) is 7.09. The minimum atomic E-state index is -1.24. The molecule has 19 heteroatoms. The summed E-state index contributed by atoms with van der Waals surface area (Å²) in [6, 6.07) is 63.5. The van der Waals surface area contributed by atoms with Crippen LogP contribution >= 0.6 is 0 Å². The topological polar surface area (TPSA) is 310 Å². The summed E-state index contributed by atoms with van der Waals surface area (Å²) in [5.41, 5.74) is 4.30. The molecule has 0 bridgehead atoms. The predicted octanol–water partition coefficient (Wildman–Crippen LogP) is 7.59. The van der Waals surface area contributed by atoms with Crippen LogP contribution in [0, 0.1) is 31.1 Å². The van der Waals surface area contributed by atoms with Crippen LogP contribution in [0.2, 0.25) is 0 Å². The zero-order valence-electron chi connectivity index (χ0n) is 41.0. The van der Waals surface area contributed by atoms with Crippen molar-refractivity contribution in [1.29, 1.82) is 0 Å². The first-order valence-corrected chi connectivity index (χ1v) is 23.1. The summed E-state index contributed by atoms with van der Waals surface area (Å²) in [4.78, 5) is 86.8. The summed E-state index contributed by atoms with van der Waals surface area (Å²) in [6.45, 7) is 0. The second-order valence-electron chi connectivity index (χ2n) is 16.1. The SMILES string of the molecule is O=C(O)c1ccc2ccccc2n1.O=C(O)c1ccc2ccccc2n1.O=C(O)c1ccc2ccccc2n1.O=C([O-])c1ccc2ccccc2n1.O=C([O-])c1ccc2ccccc2n1.O=C([O-])c1ccc2ccccc2n1.[U+3]. The number of carbonyl (C=O) groups is 6. The molecule has 0 aliphatic rings. The zero-order chi connectivity index (χ0) is 55.6. The van der Waals surface area contributed by atoms with Crippen LogP contribution in [0.15, 0.2) is 218 Å². The van der Waals surface area contributed by atoms with Gasteiger partial charge < -0.3 is 45.0 Å². The van der Waals surface area contributed by atoms with Crippen molar-refractivity contribution in [1.82, 2.24) is 29.9 Å². The molecule has 79 heavy (non-hydrogen) atoms. The molecular weight excluding hydrogens is 1230 g/mol. The van der Waals surface area contributed by atoms with E-state index in [1.54, 1.807) is 72.8 Å². The quantitative estimate of drug-likeness (QED) is 0.144. The second kappa shape index (κ2) is 28.0. The number of para-hydroxylation sites is 6. The summed E-state index contributed by atoms with van der Waals surface area (Å²) in [5.74, 6) is -6.72. The minimum Gasteiger partial charge on any atom is -0.543 e. The number of carboxylic acid groups (broad SMARTS) is 6. The summed E-state index contributed by atoms with van der Waals surface area (Å²) in [5, 5.41) is 63.1. The Morgan fingerprint density at radius 2 is 0.392 bits per heavy atom. The van der Waals surface area contributed by atoms with Crippen molar-refractivity contribution in [3.05, 3.63) is 253 Å². The Morgan fingerprint density at radius 1 is 0.241 bits per heavy atom. The molecule has 385 valence electrons. The van der Waals surface area contributed by atoms with Crippen molar-refractivity contribution in [2.24, 2.45) is 0 Å². The molecule has 6 aromatic carbocycles. The van der Waals surface area contributed by atoms with E-state index < -0.39 is 35.8 Å². The van der Waals surface area contributed by atoms with Crippen LogP contribution in [0.25, 0.3) is 65.4 Å². The molecule has 6 heterocycles. The van der Waals surface area contributed by atoms with Crippen molar-refractivity contribution in [3.63, 3.8) is 0 Å². The van der Waals surface area contributed by atoms with E-state index in [4.69, 9.17) is 15.3 Å². The summed E-state index contributed by atoms with van der Waals surface area (Å²) in [7, 11) is 0. The monoisotopic (exact) mass is 1270 g/mol. The number of aromatic carboxylic acids is 6. The molecule has 0 unspecified atom stereocenters. The van der Waals surface area contributed by atoms with Gasteiger partial charge in [-0.2, -0.15) is 0 Å². The van der Waals surface area contributed by atoms with Gasteiger partial charge in [0.05, 0.1) is 68.1 Å². The number of pyridine rings is 6. The molecule has 18 nitrogen and oxygen atoms in total. The molecule has 3 N–H and O–H groups in total. The van der Waals surface area contributed by atoms with E-state index in [0.717, 1.165) is 32.3 Å². The molecule has 0 fully saturated rings. The van der Waals surface area contributed by atoms with Gasteiger partial charge in [0, 0.05) is 32.3 Å². The molecule has 12 aromatic rings. The second-order valence-corrected chi connectivity index (χ2v) is 16.1. The molecule has 12 rings (SSSR count). The van der Waals surface area contributed by atoms with Gasteiger partial charge in [0.15, 0.2) is 0 Å². The largest absolute Gasteiger partial charge is 3.00 e. The molecule has 0 amide bonds. The Morgan fingerprint density at radius 3 is 0.557 bits per heavy atom. The zero-order valence-corrected chi connectivity index (χ0v) is 45.1. The smallest absolute Gasteiger partial charge is 0.543 e. The van der Waals surface area contributed by atoms with Gasteiger partial charge in [-0.15, -0.1) is 0 Å². The number of benzene rings is 6. The fraction of sp³-hybridized carbons (Fsp3) is 0. The van der Waals surface area contributed by atoms with E-state index in [9.17, 15) is 44.1 Å². The number of rotatable bonds is 6. The summed E-state index contributed by atoms with van der Waals surface area (Å²) >= 11 is 0. The maximum Gasteiger partial charge on any atom is 3.00 e. The number of aromatic nitrogens is 6. The van der Waals surface area contributed by atoms with E-state index >= 15 is 0 Å². The van der Waals surface area contributed by atoms with Crippen molar-refractivity contribution in [3.8, 4) is 0 Å². The van der Waals surface area contributed by atoms with Gasteiger partial charge in [0.1, 0.15) is 17.1 Å². The van der Waals surface area contributed by atoms with Gasteiger partial charge in [-0.25, -0.2) is 44.3 Å². The van der Waals surface area contributed by atoms with Gasteiger partial charge in [-0.3, -0.25) is 0 Å². The first-order chi connectivity index (χ1) is 37.6. The van der Waals surface area contributed by atoms with Crippen LogP contribution in [0.3, 0.4) is 0 Å². The average molecular weight is 1270 g/mol. The van der Waals surface area contributed by atoms with Crippen molar-refractivity contribution >= 4 is 101 Å². The molecule has 0 aliphatic heterocycles. The number of carbonyl (C=O) groups excluding carboxylic acids is 3. The normalized spacial score (nSPS) is 10.0. The molecule has 6 aromatic heterocycles. The third-order valence-electron chi connectivity index (χ3n) is 10.9. The Kier molecular flexibility index (Phi) is 20.5. The molecule has 0 spiro atoms. The molecule has 0 aliphatic carbocycles. The predicted molar refractivity (Wildman–Crippen MR) is 284 cm³/mol. The van der Waals surface area contributed by atoms with Crippen molar-refractivity contribution < 1.29 is 90.5 Å². The van der Waals surface area contributed by atoms with Crippen LogP contribution in [0.4, 0.5) is 0 Å². The number of carboxylic acids is 6. The van der Waals surface area contributed by atoms with Crippen LogP contribution in [-0.4, -0.2) is 81.0 Å². The van der Waals surface area contributed by atoms with Gasteiger partial charge in [-0.05, 0) is 72.8 Å². The van der Waals surface area contributed by atoms with Crippen LogP contribution < -0.4 is 15.3 Å². The molecule has 0 saturated heterocycles. The Balaban J connectivity index is 0.000000153. The number of hydrogen-bond donors (Lipinski definition) is 3. The molecular formula is C60H39N6O12U. The maximum atomic E-state index is 10.6. The van der Waals surface area contributed by atoms with Gasteiger partial charge in [-0.1, -0.05) is 146 Å². The van der Waals surface area contributed by atoms with E-state index in [-0.39, 0.29) is 65.3 Å². The molecule has 1 radical (unpaired) electrons. The molecule has 0 saturated carbocycles. The Hall–Kier alpha value is -10.3. The number of nitrogens with zero attached hydrogens (tertiary/aromatic N) is 6. The van der Waals surface area contributed by atoms with E-state index in [2.05, 4.69) is 29.9 Å². The fourth-order valence-electron chi connectivity index (χ4n) is 7.09.